The lowest BCUT2D eigenvalue weighted by Crippen LogP contribution is -2.37. The zero-order valence-electron chi connectivity index (χ0n) is 18.3. The van der Waals surface area contributed by atoms with Crippen LogP contribution in [0.25, 0.3) is 0 Å². The average Bonchev–Trinajstić information content (AvgIpc) is 3.30. The van der Waals surface area contributed by atoms with Gasteiger partial charge in [0.05, 0.1) is 19.8 Å². The number of hydrogen-bond donors (Lipinski definition) is 1. The van der Waals surface area contributed by atoms with E-state index in [1.54, 1.807) is 0 Å². The Morgan fingerprint density at radius 2 is 1.81 bits per heavy atom. The molecule has 2 fully saturated rings. The van der Waals surface area contributed by atoms with Crippen LogP contribution in [0.15, 0.2) is 24.3 Å². The van der Waals surface area contributed by atoms with E-state index in [0.29, 0.717) is 31.2 Å². The summed E-state index contributed by atoms with van der Waals surface area (Å²) < 4.78 is 10.4. The molecule has 2 amide bonds. The van der Waals surface area contributed by atoms with Crippen molar-refractivity contribution in [3.05, 3.63) is 24.3 Å². The van der Waals surface area contributed by atoms with E-state index in [1.807, 2.05) is 24.3 Å². The third kappa shape index (κ3) is 7.54. The fourth-order valence-corrected chi connectivity index (χ4v) is 4.03. The molecular weight excluding hydrogens is 398 g/mol. The standard InChI is InChI=1S/C23H33N3O5/c1-25(22(28)17-31-23(29)11-6-18-4-2-3-5-18)16-21(27)24-19-7-9-20(10-8-19)26-12-14-30-15-13-26/h7-10,18H,2-6,11-17H2,1H3,(H,24,27). The van der Waals surface area contributed by atoms with Crippen molar-refractivity contribution in [2.45, 2.75) is 38.5 Å². The fourth-order valence-electron chi connectivity index (χ4n) is 4.03. The maximum Gasteiger partial charge on any atom is 0.306 e. The molecule has 0 spiro atoms. The number of benzene rings is 1. The number of nitrogens with one attached hydrogen (secondary N) is 1. The van der Waals surface area contributed by atoms with E-state index in [1.165, 1.54) is 37.6 Å². The molecule has 1 aromatic carbocycles. The molecule has 8 nitrogen and oxygen atoms in total. The number of anilines is 2. The SMILES string of the molecule is CN(CC(=O)Nc1ccc(N2CCOCC2)cc1)C(=O)COC(=O)CCC1CCCC1. The zero-order chi connectivity index (χ0) is 22.1. The molecule has 1 aliphatic carbocycles. The molecule has 1 saturated heterocycles. The summed E-state index contributed by atoms with van der Waals surface area (Å²) in [5.74, 6) is -0.439. The third-order valence-electron chi connectivity index (χ3n) is 5.92. The molecule has 0 aromatic heterocycles. The van der Waals surface area contributed by atoms with E-state index in [9.17, 15) is 14.4 Å². The van der Waals surface area contributed by atoms with Gasteiger partial charge in [0, 0.05) is 37.9 Å². The second-order valence-electron chi connectivity index (χ2n) is 8.29. The Morgan fingerprint density at radius 1 is 1.13 bits per heavy atom. The number of ether oxygens (including phenoxy) is 2. The van der Waals surface area contributed by atoms with Gasteiger partial charge in [0.15, 0.2) is 6.61 Å². The first-order valence-electron chi connectivity index (χ1n) is 11.1. The Labute approximate surface area is 183 Å². The molecule has 1 aromatic rings. The van der Waals surface area contributed by atoms with Gasteiger partial charge >= 0.3 is 5.97 Å². The predicted molar refractivity (Wildman–Crippen MR) is 118 cm³/mol. The van der Waals surface area contributed by atoms with Crippen LogP contribution in [-0.4, -0.2) is 69.2 Å². The van der Waals surface area contributed by atoms with Crippen LogP contribution in [0.1, 0.15) is 38.5 Å². The molecule has 31 heavy (non-hydrogen) atoms. The van der Waals surface area contributed by atoms with E-state index in [4.69, 9.17) is 9.47 Å². The molecule has 0 bridgehead atoms. The van der Waals surface area contributed by atoms with E-state index in [2.05, 4.69) is 10.2 Å². The summed E-state index contributed by atoms with van der Waals surface area (Å²) in [5, 5.41) is 2.79. The van der Waals surface area contributed by atoms with Gasteiger partial charge < -0.3 is 24.6 Å². The summed E-state index contributed by atoms with van der Waals surface area (Å²) in [6, 6.07) is 7.61. The minimum Gasteiger partial charge on any atom is -0.456 e. The zero-order valence-corrected chi connectivity index (χ0v) is 18.3. The van der Waals surface area contributed by atoms with Gasteiger partial charge in [0.25, 0.3) is 5.91 Å². The normalized spacial score (nSPS) is 16.7. The van der Waals surface area contributed by atoms with Crippen molar-refractivity contribution in [1.82, 2.24) is 4.90 Å². The van der Waals surface area contributed by atoms with Crippen molar-refractivity contribution >= 4 is 29.2 Å². The maximum absolute atomic E-state index is 12.3. The highest BCUT2D eigenvalue weighted by molar-refractivity contribution is 5.94. The van der Waals surface area contributed by atoms with Crippen LogP contribution < -0.4 is 10.2 Å². The first-order chi connectivity index (χ1) is 15.0. The van der Waals surface area contributed by atoms with Crippen LogP contribution in [0.2, 0.25) is 0 Å². The highest BCUT2D eigenvalue weighted by Crippen LogP contribution is 2.28. The smallest absolute Gasteiger partial charge is 0.306 e. The third-order valence-corrected chi connectivity index (χ3v) is 5.92. The number of amides is 2. The number of esters is 1. The van der Waals surface area contributed by atoms with Crippen molar-refractivity contribution in [3.63, 3.8) is 0 Å². The minimum absolute atomic E-state index is 0.107. The number of rotatable bonds is 9. The van der Waals surface area contributed by atoms with Crippen molar-refractivity contribution in [2.24, 2.45) is 5.92 Å². The van der Waals surface area contributed by atoms with Gasteiger partial charge in [-0.15, -0.1) is 0 Å². The molecule has 0 atom stereocenters. The highest BCUT2D eigenvalue weighted by atomic mass is 16.5. The van der Waals surface area contributed by atoms with Gasteiger partial charge in [-0.3, -0.25) is 14.4 Å². The van der Waals surface area contributed by atoms with Crippen molar-refractivity contribution < 1.29 is 23.9 Å². The number of hydrogen-bond acceptors (Lipinski definition) is 6. The van der Waals surface area contributed by atoms with Crippen molar-refractivity contribution in [1.29, 1.82) is 0 Å². The molecule has 8 heteroatoms. The Hall–Kier alpha value is -2.61. The monoisotopic (exact) mass is 431 g/mol. The van der Waals surface area contributed by atoms with E-state index >= 15 is 0 Å². The van der Waals surface area contributed by atoms with Crippen LogP contribution in [0.4, 0.5) is 11.4 Å². The first kappa shape index (κ1) is 23.1. The summed E-state index contributed by atoms with van der Waals surface area (Å²) >= 11 is 0. The van der Waals surface area contributed by atoms with E-state index < -0.39 is 5.91 Å². The maximum atomic E-state index is 12.3. The summed E-state index contributed by atoms with van der Waals surface area (Å²) in [7, 11) is 1.52. The van der Waals surface area contributed by atoms with Crippen molar-refractivity contribution in [2.75, 3.05) is 56.7 Å². The molecule has 0 radical (unpaired) electrons. The van der Waals surface area contributed by atoms with Crippen LogP contribution in [-0.2, 0) is 23.9 Å². The molecule has 1 saturated carbocycles. The average molecular weight is 432 g/mol. The lowest BCUT2D eigenvalue weighted by Gasteiger charge is -2.28. The minimum atomic E-state index is -0.396. The van der Waals surface area contributed by atoms with Crippen LogP contribution >= 0.6 is 0 Å². The molecule has 170 valence electrons. The molecule has 3 rings (SSSR count). The molecule has 0 unspecified atom stereocenters. The Morgan fingerprint density at radius 3 is 2.48 bits per heavy atom. The number of likely N-dealkylation sites (N-methyl/N-ethyl adjacent to an activating group) is 1. The Kier molecular flexibility index (Phi) is 8.70. The highest BCUT2D eigenvalue weighted by Gasteiger charge is 2.19. The number of carbonyl (C=O) groups is 3. The second-order valence-corrected chi connectivity index (χ2v) is 8.29. The van der Waals surface area contributed by atoms with E-state index in [-0.39, 0.29) is 25.0 Å². The fraction of sp³-hybridized carbons (Fsp3) is 0.609. The predicted octanol–water partition coefficient (Wildman–Crippen LogP) is 2.43. The largest absolute Gasteiger partial charge is 0.456 e. The first-order valence-corrected chi connectivity index (χ1v) is 11.1. The quantitative estimate of drug-likeness (QED) is 0.604. The summed E-state index contributed by atoms with van der Waals surface area (Å²) in [5.41, 5.74) is 1.75. The summed E-state index contributed by atoms with van der Waals surface area (Å²) in [6.45, 7) is 2.70. The molecular formula is C23H33N3O5. The number of nitrogens with zero attached hydrogens (tertiary/aromatic N) is 2. The van der Waals surface area contributed by atoms with Crippen LogP contribution in [0, 0.1) is 5.92 Å². The Bertz CT molecular complexity index is 740. The van der Waals surface area contributed by atoms with Crippen LogP contribution in [0.5, 0.6) is 0 Å². The van der Waals surface area contributed by atoms with Crippen LogP contribution in [0.3, 0.4) is 0 Å². The molecule has 1 N–H and O–H groups in total. The number of morpholine rings is 1. The van der Waals surface area contributed by atoms with Gasteiger partial charge in [-0.2, -0.15) is 0 Å². The van der Waals surface area contributed by atoms with Gasteiger partial charge in [0.2, 0.25) is 5.91 Å². The second kappa shape index (κ2) is 11.7. The summed E-state index contributed by atoms with van der Waals surface area (Å²) in [4.78, 5) is 39.8. The lowest BCUT2D eigenvalue weighted by atomic mass is 10.0. The van der Waals surface area contributed by atoms with Crippen molar-refractivity contribution in [3.8, 4) is 0 Å². The molecule has 1 heterocycles. The Balaban J connectivity index is 1.35. The lowest BCUT2D eigenvalue weighted by molar-refractivity contribution is -0.152. The number of carbonyl (C=O) groups excluding carboxylic acids is 3. The molecule has 1 aliphatic heterocycles. The molecule has 2 aliphatic rings. The topological polar surface area (TPSA) is 88.2 Å². The van der Waals surface area contributed by atoms with Gasteiger partial charge in [-0.05, 0) is 36.6 Å². The summed E-state index contributed by atoms with van der Waals surface area (Å²) in [6.07, 6.45) is 6.02. The van der Waals surface area contributed by atoms with Gasteiger partial charge in [-0.25, -0.2) is 0 Å². The van der Waals surface area contributed by atoms with Gasteiger partial charge in [0.1, 0.15) is 0 Å². The van der Waals surface area contributed by atoms with Gasteiger partial charge in [-0.1, -0.05) is 25.7 Å². The van der Waals surface area contributed by atoms with E-state index in [0.717, 1.165) is 25.2 Å².